The van der Waals surface area contributed by atoms with Crippen molar-refractivity contribution in [2.75, 3.05) is 11.9 Å². The van der Waals surface area contributed by atoms with Crippen LogP contribution in [0.4, 0.5) is 13.9 Å². The van der Waals surface area contributed by atoms with Gasteiger partial charge in [-0.25, -0.2) is 8.78 Å². The van der Waals surface area contributed by atoms with Gasteiger partial charge in [0.15, 0.2) is 21.8 Å². The monoisotopic (exact) mass is 411 g/mol. The zero-order valence-electron chi connectivity index (χ0n) is 13.7. The minimum absolute atomic E-state index is 0.141. The number of rotatable bonds is 8. The van der Waals surface area contributed by atoms with E-state index in [1.54, 1.807) is 18.3 Å². The SMILES string of the molecule is C[C@H](Sc1nnc(NCCc2cccs2)s1)C(=O)c1ccc(F)c(F)c1. The van der Waals surface area contributed by atoms with Gasteiger partial charge in [-0.1, -0.05) is 29.2 Å². The number of nitrogens with one attached hydrogen (secondary N) is 1. The first kappa shape index (κ1) is 18.9. The number of thiophene rings is 1. The summed E-state index contributed by atoms with van der Waals surface area (Å²) in [5, 5.41) is 13.6. The average molecular weight is 412 g/mol. The Morgan fingerprint density at radius 2 is 2.12 bits per heavy atom. The minimum atomic E-state index is -1.03. The number of hydrogen-bond donors (Lipinski definition) is 1. The van der Waals surface area contributed by atoms with Gasteiger partial charge in [0.1, 0.15) is 0 Å². The van der Waals surface area contributed by atoms with Crippen molar-refractivity contribution in [2.45, 2.75) is 22.9 Å². The lowest BCUT2D eigenvalue weighted by molar-refractivity contribution is 0.0993. The molecule has 3 aromatic rings. The first-order chi connectivity index (χ1) is 12.5. The van der Waals surface area contributed by atoms with Gasteiger partial charge >= 0.3 is 0 Å². The normalized spacial score (nSPS) is 12.1. The molecular formula is C17H15F2N3OS3. The summed E-state index contributed by atoms with van der Waals surface area (Å²) in [4.78, 5) is 13.6. The Morgan fingerprint density at radius 1 is 1.27 bits per heavy atom. The molecule has 0 aliphatic carbocycles. The van der Waals surface area contributed by atoms with Gasteiger partial charge in [0.25, 0.3) is 0 Å². The second-order valence-corrected chi connectivity index (χ2v) is 8.98. The molecule has 136 valence electrons. The number of anilines is 1. The highest BCUT2D eigenvalue weighted by molar-refractivity contribution is 8.02. The lowest BCUT2D eigenvalue weighted by atomic mass is 10.1. The second kappa shape index (κ2) is 8.70. The van der Waals surface area contributed by atoms with Gasteiger partial charge in [-0.05, 0) is 43.0 Å². The van der Waals surface area contributed by atoms with Crippen molar-refractivity contribution in [3.05, 3.63) is 57.8 Å². The fourth-order valence-corrected chi connectivity index (χ4v) is 4.87. The standard InChI is InChI=1S/C17H15F2N3OS3/c1-10(15(23)11-4-5-13(18)14(19)9-11)25-17-22-21-16(26-17)20-7-6-12-3-2-8-24-12/h2-5,8-10H,6-7H2,1H3,(H,20,21)/t10-/m0/s1. The second-order valence-electron chi connectivity index (χ2n) is 5.38. The van der Waals surface area contributed by atoms with Crippen LogP contribution in [0.3, 0.4) is 0 Å². The molecule has 0 aliphatic heterocycles. The van der Waals surface area contributed by atoms with Gasteiger partial charge < -0.3 is 5.32 Å². The smallest absolute Gasteiger partial charge is 0.206 e. The highest BCUT2D eigenvalue weighted by Crippen LogP contribution is 2.30. The Kier molecular flexibility index (Phi) is 6.33. The van der Waals surface area contributed by atoms with E-state index < -0.39 is 16.9 Å². The van der Waals surface area contributed by atoms with Crippen molar-refractivity contribution >= 4 is 45.4 Å². The molecule has 1 N–H and O–H groups in total. The number of hydrogen-bond acceptors (Lipinski definition) is 7. The predicted molar refractivity (Wildman–Crippen MR) is 102 cm³/mol. The maximum atomic E-state index is 13.3. The van der Waals surface area contributed by atoms with E-state index in [0.29, 0.717) is 9.47 Å². The molecule has 0 spiro atoms. The topological polar surface area (TPSA) is 54.9 Å². The van der Waals surface area contributed by atoms with Gasteiger partial charge in [0.2, 0.25) is 5.13 Å². The van der Waals surface area contributed by atoms with Crippen LogP contribution in [0.1, 0.15) is 22.2 Å². The summed E-state index contributed by atoms with van der Waals surface area (Å²) in [7, 11) is 0. The third kappa shape index (κ3) is 4.87. The maximum absolute atomic E-state index is 13.3. The Hall–Kier alpha value is -1.84. The number of halogens is 2. The van der Waals surface area contributed by atoms with Gasteiger partial charge in [-0.3, -0.25) is 4.79 Å². The molecule has 0 fully saturated rings. The quantitative estimate of drug-likeness (QED) is 0.422. The van der Waals surface area contributed by atoms with Crippen molar-refractivity contribution in [1.82, 2.24) is 10.2 Å². The summed E-state index contributed by atoms with van der Waals surface area (Å²) in [6.45, 7) is 2.46. The van der Waals surface area contributed by atoms with Crippen molar-refractivity contribution in [3.8, 4) is 0 Å². The number of Topliss-reactive ketones (excluding diaryl/α,β-unsaturated/α-hetero) is 1. The summed E-state index contributed by atoms with van der Waals surface area (Å²) < 4.78 is 26.9. The number of thioether (sulfide) groups is 1. The zero-order valence-corrected chi connectivity index (χ0v) is 16.2. The van der Waals surface area contributed by atoms with Crippen molar-refractivity contribution in [1.29, 1.82) is 0 Å². The van der Waals surface area contributed by atoms with E-state index in [9.17, 15) is 13.6 Å². The number of aromatic nitrogens is 2. The Balaban J connectivity index is 1.54. The molecule has 4 nitrogen and oxygen atoms in total. The van der Waals surface area contributed by atoms with E-state index in [0.717, 1.165) is 25.1 Å². The lowest BCUT2D eigenvalue weighted by Gasteiger charge is -2.08. The summed E-state index contributed by atoms with van der Waals surface area (Å²) in [5.74, 6) is -2.28. The molecule has 9 heteroatoms. The highest BCUT2D eigenvalue weighted by atomic mass is 32.2. The van der Waals surface area contributed by atoms with Crippen LogP contribution in [-0.2, 0) is 6.42 Å². The van der Waals surface area contributed by atoms with Gasteiger partial charge in [-0.15, -0.1) is 21.5 Å². The number of carbonyl (C=O) groups excluding carboxylic acids is 1. The van der Waals surface area contributed by atoms with Crippen LogP contribution in [0.5, 0.6) is 0 Å². The van der Waals surface area contributed by atoms with Crippen molar-refractivity contribution in [2.24, 2.45) is 0 Å². The van der Waals surface area contributed by atoms with Gasteiger partial charge in [-0.2, -0.15) is 0 Å². The van der Waals surface area contributed by atoms with Gasteiger partial charge in [0.05, 0.1) is 5.25 Å². The Morgan fingerprint density at radius 3 is 2.85 bits per heavy atom. The molecule has 26 heavy (non-hydrogen) atoms. The third-order valence-electron chi connectivity index (χ3n) is 3.49. The molecule has 2 heterocycles. The van der Waals surface area contributed by atoms with Crippen LogP contribution in [0.25, 0.3) is 0 Å². The van der Waals surface area contributed by atoms with E-state index in [1.807, 2.05) is 11.4 Å². The number of nitrogens with zero attached hydrogens (tertiary/aromatic N) is 2. The molecule has 0 aliphatic rings. The number of carbonyl (C=O) groups is 1. The van der Waals surface area contributed by atoms with Crippen LogP contribution < -0.4 is 5.32 Å². The van der Waals surface area contributed by atoms with Crippen LogP contribution in [0.15, 0.2) is 40.1 Å². The molecule has 1 atom stereocenters. The van der Waals surface area contributed by atoms with Gasteiger partial charge in [0, 0.05) is 17.0 Å². The Labute approximate surface area is 161 Å². The van der Waals surface area contributed by atoms with E-state index in [4.69, 9.17) is 0 Å². The molecule has 0 bridgehead atoms. The molecule has 3 rings (SSSR count). The fraction of sp³-hybridized carbons (Fsp3) is 0.235. The van der Waals surface area contributed by atoms with Crippen molar-refractivity contribution < 1.29 is 13.6 Å². The maximum Gasteiger partial charge on any atom is 0.206 e. The largest absolute Gasteiger partial charge is 0.360 e. The van der Waals surface area contributed by atoms with Crippen LogP contribution >= 0.6 is 34.4 Å². The molecule has 0 saturated carbocycles. The highest BCUT2D eigenvalue weighted by Gasteiger charge is 2.20. The molecule has 2 aromatic heterocycles. The lowest BCUT2D eigenvalue weighted by Crippen LogP contribution is -2.13. The van der Waals surface area contributed by atoms with E-state index in [2.05, 4.69) is 21.6 Å². The first-order valence-corrected chi connectivity index (χ1v) is 10.4. The van der Waals surface area contributed by atoms with Crippen molar-refractivity contribution in [3.63, 3.8) is 0 Å². The molecule has 1 aromatic carbocycles. The Bertz CT molecular complexity index is 883. The van der Waals surface area contributed by atoms with E-state index >= 15 is 0 Å². The first-order valence-electron chi connectivity index (χ1n) is 7.78. The van der Waals surface area contributed by atoms with Crippen LogP contribution in [0, 0.1) is 11.6 Å². The number of benzene rings is 1. The van der Waals surface area contributed by atoms with Crippen LogP contribution in [-0.4, -0.2) is 27.8 Å². The summed E-state index contributed by atoms with van der Waals surface area (Å²) in [5.41, 5.74) is 0.141. The van der Waals surface area contributed by atoms with E-state index in [-0.39, 0.29) is 11.3 Å². The minimum Gasteiger partial charge on any atom is -0.360 e. The predicted octanol–water partition coefficient (Wildman–Crippen LogP) is 4.90. The number of ketones is 1. The average Bonchev–Trinajstić information content (AvgIpc) is 3.29. The summed E-state index contributed by atoms with van der Waals surface area (Å²) in [6.07, 6.45) is 0.907. The van der Waals surface area contributed by atoms with Crippen LogP contribution in [0.2, 0.25) is 0 Å². The molecule has 0 unspecified atom stereocenters. The zero-order chi connectivity index (χ0) is 18.5. The fourth-order valence-electron chi connectivity index (χ4n) is 2.17. The summed E-state index contributed by atoms with van der Waals surface area (Å²) in [6, 6.07) is 7.27. The molecule has 0 radical (unpaired) electrons. The third-order valence-corrected chi connectivity index (χ3v) is 6.49. The molecular weight excluding hydrogens is 396 g/mol. The molecule has 0 amide bonds. The summed E-state index contributed by atoms with van der Waals surface area (Å²) >= 11 is 4.32. The van der Waals surface area contributed by atoms with E-state index in [1.165, 1.54) is 34.0 Å². The molecule has 0 saturated heterocycles.